The van der Waals surface area contributed by atoms with Gasteiger partial charge < -0.3 is 15.0 Å². The molecule has 0 radical (unpaired) electrons. The zero-order valence-electron chi connectivity index (χ0n) is 14.3. The van der Waals surface area contributed by atoms with E-state index in [-0.39, 0.29) is 29.9 Å². The summed E-state index contributed by atoms with van der Waals surface area (Å²) in [4.78, 5) is 27.4. The van der Waals surface area contributed by atoms with Crippen LogP contribution in [0.5, 0.6) is 0 Å². The Labute approximate surface area is 156 Å². The normalized spacial score (nSPS) is 11.4. The third-order valence-electron chi connectivity index (χ3n) is 3.81. The highest BCUT2D eigenvalue weighted by Gasteiger charge is 2.33. The lowest BCUT2D eigenvalue weighted by molar-refractivity contribution is -0.140. The van der Waals surface area contributed by atoms with E-state index in [1.165, 1.54) is 30.5 Å². The highest BCUT2D eigenvalue weighted by molar-refractivity contribution is 5.95. The van der Waals surface area contributed by atoms with Crippen LogP contribution < -0.4 is 10.6 Å². The Morgan fingerprint density at radius 1 is 0.893 bits per heavy atom. The molecule has 6 nitrogen and oxygen atoms in total. The molecule has 2 aromatic heterocycles. The molecule has 2 heterocycles. The lowest BCUT2D eigenvalue weighted by Gasteiger charge is -2.07. The molecule has 0 saturated carbocycles. The van der Waals surface area contributed by atoms with E-state index in [2.05, 4.69) is 15.6 Å². The van der Waals surface area contributed by atoms with Crippen molar-refractivity contribution >= 4 is 17.5 Å². The average Bonchev–Trinajstić information content (AvgIpc) is 3.09. The van der Waals surface area contributed by atoms with E-state index in [1.807, 2.05) is 0 Å². The molecule has 3 aromatic rings. The van der Waals surface area contributed by atoms with Crippen LogP contribution >= 0.6 is 0 Å². The van der Waals surface area contributed by atoms with E-state index >= 15 is 0 Å². The fourth-order valence-corrected chi connectivity index (χ4v) is 2.42. The molecule has 0 unspecified atom stereocenters. The fraction of sp³-hybridized carbons (Fsp3) is 0.167. The minimum Gasteiger partial charge on any atom is -0.350 e. The minimum absolute atomic E-state index is 0.0652. The van der Waals surface area contributed by atoms with E-state index in [1.54, 1.807) is 0 Å². The van der Waals surface area contributed by atoms with Crippen molar-refractivity contribution in [1.29, 1.82) is 0 Å². The van der Waals surface area contributed by atoms with Gasteiger partial charge in [-0.3, -0.25) is 9.59 Å². The van der Waals surface area contributed by atoms with Crippen molar-refractivity contribution in [2.24, 2.45) is 0 Å². The number of fused-ring (bicyclic) bond motifs is 1. The van der Waals surface area contributed by atoms with Gasteiger partial charge in [0.25, 0.3) is 11.8 Å². The van der Waals surface area contributed by atoms with Crippen LogP contribution in [-0.4, -0.2) is 34.3 Å². The first kappa shape index (κ1) is 19.3. The molecule has 0 atom stereocenters. The van der Waals surface area contributed by atoms with Gasteiger partial charge in [0.05, 0.1) is 5.56 Å². The standard InChI is InChI=1S/C18H14F4N4O2/c19-13-4-1-11(2-5-13)16(27)23-7-8-24-17(28)12-3-6-15-25-14(18(20,21)22)10-26(15)9-12/h1-6,9-10H,7-8H2,(H,23,27)(H,24,28). The van der Waals surface area contributed by atoms with Crippen LogP contribution in [-0.2, 0) is 6.18 Å². The Balaban J connectivity index is 1.54. The highest BCUT2D eigenvalue weighted by atomic mass is 19.4. The third kappa shape index (κ3) is 4.45. The van der Waals surface area contributed by atoms with Gasteiger partial charge in [-0.2, -0.15) is 13.2 Å². The summed E-state index contributed by atoms with van der Waals surface area (Å²) < 4.78 is 52.0. The van der Waals surface area contributed by atoms with E-state index in [0.717, 1.165) is 22.7 Å². The van der Waals surface area contributed by atoms with Crippen molar-refractivity contribution in [2.75, 3.05) is 13.1 Å². The van der Waals surface area contributed by atoms with Gasteiger partial charge in [-0.1, -0.05) is 0 Å². The van der Waals surface area contributed by atoms with Gasteiger partial charge in [0.15, 0.2) is 5.69 Å². The maximum absolute atomic E-state index is 12.8. The maximum atomic E-state index is 12.8. The Kier molecular flexibility index (Phi) is 5.30. The summed E-state index contributed by atoms with van der Waals surface area (Å²) in [5.41, 5.74) is -0.564. The summed E-state index contributed by atoms with van der Waals surface area (Å²) in [5, 5.41) is 5.11. The first-order valence-corrected chi connectivity index (χ1v) is 8.12. The van der Waals surface area contributed by atoms with Crippen LogP contribution in [0.25, 0.3) is 5.65 Å². The quantitative estimate of drug-likeness (QED) is 0.516. The fourth-order valence-electron chi connectivity index (χ4n) is 2.42. The van der Waals surface area contributed by atoms with E-state index in [0.29, 0.717) is 0 Å². The molecule has 0 fully saturated rings. The molecule has 28 heavy (non-hydrogen) atoms. The zero-order chi connectivity index (χ0) is 20.3. The molecule has 0 spiro atoms. The number of hydrogen-bond acceptors (Lipinski definition) is 3. The third-order valence-corrected chi connectivity index (χ3v) is 3.81. The molecule has 2 amide bonds. The number of imidazole rings is 1. The van der Waals surface area contributed by atoms with Crippen molar-refractivity contribution in [3.05, 3.63) is 71.4 Å². The van der Waals surface area contributed by atoms with Crippen molar-refractivity contribution in [1.82, 2.24) is 20.0 Å². The second-order valence-corrected chi connectivity index (χ2v) is 5.83. The lowest BCUT2D eigenvalue weighted by Crippen LogP contribution is -2.34. The monoisotopic (exact) mass is 394 g/mol. The summed E-state index contributed by atoms with van der Waals surface area (Å²) >= 11 is 0. The smallest absolute Gasteiger partial charge is 0.350 e. The number of hydrogen-bond donors (Lipinski definition) is 2. The van der Waals surface area contributed by atoms with Gasteiger partial charge in [-0.05, 0) is 36.4 Å². The van der Waals surface area contributed by atoms with E-state index < -0.39 is 29.5 Å². The number of nitrogens with one attached hydrogen (secondary N) is 2. The molecule has 146 valence electrons. The lowest BCUT2D eigenvalue weighted by atomic mass is 10.2. The summed E-state index contributed by atoms with van der Waals surface area (Å²) in [6.45, 7) is 0.217. The molecule has 0 aliphatic carbocycles. The Bertz CT molecular complexity index is 1010. The van der Waals surface area contributed by atoms with Crippen LogP contribution in [0.1, 0.15) is 26.4 Å². The summed E-state index contributed by atoms with van der Waals surface area (Å²) in [5.74, 6) is -1.39. The Morgan fingerprint density at radius 3 is 2.07 bits per heavy atom. The van der Waals surface area contributed by atoms with Crippen LogP contribution in [0.2, 0.25) is 0 Å². The second-order valence-electron chi connectivity index (χ2n) is 5.83. The number of alkyl halides is 3. The molecular formula is C18H14F4N4O2. The Hall–Kier alpha value is -3.43. The van der Waals surface area contributed by atoms with Crippen LogP contribution in [0, 0.1) is 5.82 Å². The van der Waals surface area contributed by atoms with E-state index in [4.69, 9.17) is 0 Å². The number of carbonyl (C=O) groups excluding carboxylic acids is 2. The highest BCUT2D eigenvalue weighted by Crippen LogP contribution is 2.28. The molecule has 0 aliphatic heterocycles. The predicted octanol–water partition coefficient (Wildman–Crippen LogP) is 2.65. The topological polar surface area (TPSA) is 75.5 Å². The number of nitrogens with zero attached hydrogens (tertiary/aromatic N) is 2. The van der Waals surface area contributed by atoms with Gasteiger partial charge in [0.2, 0.25) is 0 Å². The number of benzene rings is 1. The molecule has 2 N–H and O–H groups in total. The van der Waals surface area contributed by atoms with Crippen molar-refractivity contribution in [3.63, 3.8) is 0 Å². The molecule has 0 saturated heterocycles. The van der Waals surface area contributed by atoms with E-state index in [9.17, 15) is 27.2 Å². The van der Waals surface area contributed by atoms with Crippen LogP contribution in [0.3, 0.4) is 0 Å². The number of carbonyl (C=O) groups is 2. The summed E-state index contributed by atoms with van der Waals surface area (Å²) in [6, 6.07) is 7.65. The molecular weight excluding hydrogens is 380 g/mol. The Morgan fingerprint density at radius 2 is 1.46 bits per heavy atom. The van der Waals surface area contributed by atoms with Gasteiger partial charge >= 0.3 is 6.18 Å². The van der Waals surface area contributed by atoms with Gasteiger partial charge in [0.1, 0.15) is 11.5 Å². The largest absolute Gasteiger partial charge is 0.434 e. The SMILES string of the molecule is O=C(NCCNC(=O)c1ccc2nc(C(F)(F)F)cn2c1)c1ccc(F)cc1. The summed E-state index contributed by atoms with van der Waals surface area (Å²) in [6.07, 6.45) is -2.53. The van der Waals surface area contributed by atoms with Crippen molar-refractivity contribution < 1.29 is 27.2 Å². The van der Waals surface area contributed by atoms with Crippen LogP contribution in [0.4, 0.5) is 17.6 Å². The van der Waals surface area contributed by atoms with Crippen molar-refractivity contribution in [3.8, 4) is 0 Å². The minimum atomic E-state index is -4.57. The number of halogens is 4. The number of pyridine rings is 1. The van der Waals surface area contributed by atoms with Gasteiger partial charge in [-0.25, -0.2) is 9.37 Å². The molecule has 0 bridgehead atoms. The molecule has 3 rings (SSSR count). The van der Waals surface area contributed by atoms with Gasteiger partial charge in [0, 0.05) is 31.0 Å². The first-order chi connectivity index (χ1) is 13.2. The average molecular weight is 394 g/mol. The molecule has 10 heteroatoms. The maximum Gasteiger partial charge on any atom is 0.434 e. The van der Waals surface area contributed by atoms with Gasteiger partial charge in [-0.15, -0.1) is 0 Å². The van der Waals surface area contributed by atoms with Crippen molar-refractivity contribution in [2.45, 2.75) is 6.18 Å². The van der Waals surface area contributed by atoms with Crippen LogP contribution in [0.15, 0.2) is 48.8 Å². The molecule has 1 aromatic carbocycles. The predicted molar refractivity (Wildman–Crippen MR) is 91.3 cm³/mol. The number of amides is 2. The molecule has 0 aliphatic rings. The number of rotatable bonds is 5. The summed E-state index contributed by atoms with van der Waals surface area (Å²) in [7, 11) is 0. The number of aromatic nitrogens is 2. The zero-order valence-corrected chi connectivity index (χ0v) is 14.3. The first-order valence-electron chi connectivity index (χ1n) is 8.12. The second kappa shape index (κ2) is 7.67.